The highest BCUT2D eigenvalue weighted by molar-refractivity contribution is 5.93. The van der Waals surface area contributed by atoms with Crippen LogP contribution in [0.1, 0.15) is 30.4 Å². The Hall–Kier alpha value is -3.58. The Morgan fingerprint density at radius 1 is 1.03 bits per heavy atom. The topological polar surface area (TPSA) is 73.2 Å². The molecule has 3 heterocycles. The molecule has 176 valence electrons. The number of rotatable bonds is 8. The van der Waals surface area contributed by atoms with Gasteiger partial charge in [-0.25, -0.2) is 9.67 Å². The molecular formula is C27H31N5O2. The number of fused-ring (bicyclic) bond motifs is 1. The van der Waals surface area contributed by atoms with Crippen molar-refractivity contribution in [1.29, 1.82) is 0 Å². The first-order chi connectivity index (χ1) is 16.7. The van der Waals surface area contributed by atoms with Crippen molar-refractivity contribution in [3.05, 3.63) is 71.9 Å². The van der Waals surface area contributed by atoms with Crippen molar-refractivity contribution in [2.45, 2.75) is 38.8 Å². The van der Waals surface area contributed by atoms with Crippen LogP contribution < -0.4 is 20.1 Å². The van der Waals surface area contributed by atoms with E-state index in [2.05, 4.69) is 46.8 Å². The number of nitrogens with one attached hydrogen (secondary N) is 2. The summed E-state index contributed by atoms with van der Waals surface area (Å²) in [6, 6.07) is 18.5. The quantitative estimate of drug-likeness (QED) is 0.382. The number of pyridine rings is 1. The van der Waals surface area contributed by atoms with E-state index in [9.17, 15) is 0 Å². The maximum Gasteiger partial charge on any atom is 0.164 e. The van der Waals surface area contributed by atoms with Gasteiger partial charge in [0, 0.05) is 24.8 Å². The number of methoxy groups -OCH3 is 1. The summed E-state index contributed by atoms with van der Waals surface area (Å²) in [5, 5.41) is 13.0. The fourth-order valence-corrected chi connectivity index (χ4v) is 4.34. The smallest absolute Gasteiger partial charge is 0.164 e. The molecule has 7 heteroatoms. The van der Waals surface area contributed by atoms with E-state index in [1.807, 2.05) is 35.0 Å². The first-order valence-corrected chi connectivity index (χ1v) is 11.9. The van der Waals surface area contributed by atoms with Crippen LogP contribution in [0.5, 0.6) is 17.2 Å². The molecule has 1 saturated heterocycles. The monoisotopic (exact) mass is 457 g/mol. The van der Waals surface area contributed by atoms with Gasteiger partial charge in [-0.2, -0.15) is 5.10 Å². The van der Waals surface area contributed by atoms with Gasteiger partial charge in [0.05, 0.1) is 13.7 Å². The third-order valence-electron chi connectivity index (χ3n) is 6.26. The van der Waals surface area contributed by atoms with Gasteiger partial charge >= 0.3 is 0 Å². The van der Waals surface area contributed by atoms with E-state index in [0.717, 1.165) is 52.8 Å². The van der Waals surface area contributed by atoms with E-state index in [1.165, 1.54) is 24.8 Å². The molecule has 7 nitrogen and oxygen atoms in total. The standard InChI is InChI=1S/C27H31N5O2/c1-19-6-10-23(11-7-19)34-24-14-16-29-27-25(24)26(30-17-21-5-3-4-15-28-21)31-32(27)18-20-8-12-22(33-2)13-9-20/h6-14,16,21,28H,3-5,15,17-18H2,1-2H3,(H,30,31)/t21-/m0/s1. The van der Waals surface area contributed by atoms with E-state index < -0.39 is 0 Å². The number of hydrogen-bond acceptors (Lipinski definition) is 6. The molecule has 0 aliphatic carbocycles. The van der Waals surface area contributed by atoms with E-state index in [1.54, 1.807) is 13.3 Å². The molecule has 0 radical (unpaired) electrons. The van der Waals surface area contributed by atoms with Crippen molar-refractivity contribution >= 4 is 16.9 Å². The summed E-state index contributed by atoms with van der Waals surface area (Å²) in [4.78, 5) is 4.68. The van der Waals surface area contributed by atoms with Crippen LogP contribution in [-0.2, 0) is 6.54 Å². The summed E-state index contributed by atoms with van der Waals surface area (Å²) < 4.78 is 13.5. The zero-order valence-corrected chi connectivity index (χ0v) is 19.8. The highest BCUT2D eigenvalue weighted by Crippen LogP contribution is 2.34. The van der Waals surface area contributed by atoms with Crippen LogP contribution in [0.15, 0.2) is 60.8 Å². The largest absolute Gasteiger partial charge is 0.497 e. The molecule has 1 aliphatic heterocycles. The Balaban J connectivity index is 1.48. The van der Waals surface area contributed by atoms with Gasteiger partial charge in [0.2, 0.25) is 0 Å². The molecule has 2 N–H and O–H groups in total. The SMILES string of the molecule is COc1ccc(Cn2nc(NC[C@@H]3CCCCN3)c3c(Oc4ccc(C)cc4)ccnc32)cc1. The predicted molar refractivity (Wildman–Crippen MR) is 135 cm³/mol. The first kappa shape index (κ1) is 22.2. The van der Waals surface area contributed by atoms with Gasteiger partial charge in [0.1, 0.15) is 22.6 Å². The summed E-state index contributed by atoms with van der Waals surface area (Å²) in [5.41, 5.74) is 3.11. The second-order valence-electron chi connectivity index (χ2n) is 8.80. The second-order valence-corrected chi connectivity index (χ2v) is 8.80. The Labute approximate surface area is 200 Å². The van der Waals surface area contributed by atoms with Crippen LogP contribution in [0, 0.1) is 6.92 Å². The molecular weight excluding hydrogens is 426 g/mol. The summed E-state index contributed by atoms with van der Waals surface area (Å²) in [7, 11) is 1.68. The van der Waals surface area contributed by atoms with Crippen molar-refractivity contribution in [2.24, 2.45) is 0 Å². The van der Waals surface area contributed by atoms with Gasteiger partial charge in [-0.1, -0.05) is 36.2 Å². The molecule has 34 heavy (non-hydrogen) atoms. The van der Waals surface area contributed by atoms with Gasteiger partial charge in [0.15, 0.2) is 11.5 Å². The number of nitrogens with zero attached hydrogens (tertiary/aromatic N) is 3. The second kappa shape index (κ2) is 10.1. The molecule has 2 aromatic heterocycles. The van der Waals surface area contributed by atoms with Crippen LogP contribution in [0.25, 0.3) is 11.0 Å². The number of aryl methyl sites for hydroxylation is 1. The summed E-state index contributed by atoms with van der Waals surface area (Å²) in [5.74, 6) is 3.17. The Bertz CT molecular complexity index is 1230. The lowest BCUT2D eigenvalue weighted by molar-refractivity contribution is 0.414. The lowest BCUT2D eigenvalue weighted by atomic mass is 10.1. The third-order valence-corrected chi connectivity index (χ3v) is 6.26. The minimum Gasteiger partial charge on any atom is -0.497 e. The van der Waals surface area contributed by atoms with Gasteiger partial charge in [0.25, 0.3) is 0 Å². The minimum absolute atomic E-state index is 0.439. The number of hydrogen-bond donors (Lipinski definition) is 2. The van der Waals surface area contributed by atoms with Crippen LogP contribution >= 0.6 is 0 Å². The molecule has 4 aromatic rings. The van der Waals surface area contributed by atoms with Crippen molar-refractivity contribution < 1.29 is 9.47 Å². The predicted octanol–water partition coefficient (Wildman–Crippen LogP) is 5.14. The van der Waals surface area contributed by atoms with Crippen LogP contribution in [0.3, 0.4) is 0 Å². The van der Waals surface area contributed by atoms with E-state index in [-0.39, 0.29) is 0 Å². The molecule has 0 spiro atoms. The zero-order valence-electron chi connectivity index (χ0n) is 19.8. The number of benzene rings is 2. The van der Waals surface area contributed by atoms with E-state index in [4.69, 9.17) is 14.6 Å². The summed E-state index contributed by atoms with van der Waals surface area (Å²) in [6.45, 7) is 4.56. The molecule has 0 unspecified atom stereocenters. The van der Waals surface area contributed by atoms with Crippen LogP contribution in [0.4, 0.5) is 5.82 Å². The van der Waals surface area contributed by atoms with E-state index >= 15 is 0 Å². The summed E-state index contributed by atoms with van der Waals surface area (Å²) in [6.07, 6.45) is 5.46. The van der Waals surface area contributed by atoms with Gasteiger partial charge in [-0.3, -0.25) is 0 Å². The molecule has 1 atom stereocenters. The zero-order chi connectivity index (χ0) is 23.3. The fraction of sp³-hybridized carbons (Fsp3) is 0.333. The Kier molecular flexibility index (Phi) is 6.62. The molecule has 2 aromatic carbocycles. The van der Waals surface area contributed by atoms with Crippen molar-refractivity contribution in [2.75, 3.05) is 25.5 Å². The van der Waals surface area contributed by atoms with Gasteiger partial charge < -0.3 is 20.1 Å². The fourth-order valence-electron chi connectivity index (χ4n) is 4.34. The lowest BCUT2D eigenvalue weighted by Crippen LogP contribution is -2.39. The molecule has 1 aliphatic rings. The van der Waals surface area contributed by atoms with Crippen LogP contribution in [0.2, 0.25) is 0 Å². The van der Waals surface area contributed by atoms with E-state index in [0.29, 0.717) is 12.6 Å². The van der Waals surface area contributed by atoms with Gasteiger partial charge in [-0.15, -0.1) is 0 Å². The summed E-state index contributed by atoms with van der Waals surface area (Å²) >= 11 is 0. The first-order valence-electron chi connectivity index (χ1n) is 11.9. The maximum absolute atomic E-state index is 6.31. The van der Waals surface area contributed by atoms with Gasteiger partial charge in [-0.05, 0) is 56.1 Å². The molecule has 0 amide bonds. The minimum atomic E-state index is 0.439. The molecule has 0 bridgehead atoms. The highest BCUT2D eigenvalue weighted by atomic mass is 16.5. The molecule has 0 saturated carbocycles. The Morgan fingerprint density at radius 3 is 2.56 bits per heavy atom. The normalized spacial score (nSPS) is 15.9. The molecule has 1 fully saturated rings. The number of anilines is 1. The van der Waals surface area contributed by atoms with Crippen LogP contribution in [-0.4, -0.2) is 41.0 Å². The average Bonchev–Trinajstić information content (AvgIpc) is 3.23. The van der Waals surface area contributed by atoms with Crippen molar-refractivity contribution in [3.63, 3.8) is 0 Å². The number of piperidine rings is 1. The Morgan fingerprint density at radius 2 is 1.82 bits per heavy atom. The highest BCUT2D eigenvalue weighted by Gasteiger charge is 2.19. The average molecular weight is 458 g/mol. The lowest BCUT2D eigenvalue weighted by Gasteiger charge is -2.23. The van der Waals surface area contributed by atoms with Crippen molar-refractivity contribution in [1.82, 2.24) is 20.1 Å². The number of aromatic nitrogens is 3. The maximum atomic E-state index is 6.31. The third kappa shape index (κ3) is 4.99. The van der Waals surface area contributed by atoms with Crippen molar-refractivity contribution in [3.8, 4) is 17.2 Å². The molecule has 5 rings (SSSR count). The number of ether oxygens (including phenoxy) is 2.